The summed E-state index contributed by atoms with van der Waals surface area (Å²) in [5, 5.41) is 3.16. The summed E-state index contributed by atoms with van der Waals surface area (Å²) in [4.78, 5) is 28.5. The first-order valence-electron chi connectivity index (χ1n) is 13.7. The highest BCUT2D eigenvalue weighted by Crippen LogP contribution is 2.40. The Hall–Kier alpha value is -3.31. The first-order chi connectivity index (χ1) is 19.4. The Bertz CT molecular complexity index is 1390. The molecule has 3 fully saturated rings. The number of amides is 1. The van der Waals surface area contributed by atoms with E-state index in [0.717, 1.165) is 44.2 Å². The Balaban J connectivity index is 1.33. The van der Waals surface area contributed by atoms with E-state index in [-0.39, 0.29) is 35.7 Å². The fourth-order valence-electron chi connectivity index (χ4n) is 6.05. The maximum Gasteiger partial charge on any atom is 0.429 e. The zero-order chi connectivity index (χ0) is 27.7. The van der Waals surface area contributed by atoms with Crippen molar-refractivity contribution in [1.29, 1.82) is 0 Å². The van der Waals surface area contributed by atoms with E-state index < -0.39 is 23.6 Å². The van der Waals surface area contributed by atoms with Gasteiger partial charge in [0.05, 0.1) is 10.9 Å². The number of fused-ring (bicyclic) bond motifs is 2. The minimum Gasteiger partial charge on any atom is -0.461 e. The summed E-state index contributed by atoms with van der Waals surface area (Å²) in [6.07, 6.45) is 4.55. The number of alkyl halides is 1. The molecule has 3 aromatic rings. The Kier molecular flexibility index (Phi) is 7.59. The summed E-state index contributed by atoms with van der Waals surface area (Å²) < 4.78 is 41.3. The van der Waals surface area contributed by atoms with Crippen LogP contribution in [0.1, 0.15) is 44.1 Å². The van der Waals surface area contributed by atoms with Crippen LogP contribution in [0, 0.1) is 5.82 Å². The molecule has 3 aliphatic heterocycles. The van der Waals surface area contributed by atoms with Gasteiger partial charge in [-0.2, -0.15) is 9.97 Å². The molecule has 0 saturated carbocycles. The van der Waals surface area contributed by atoms with Gasteiger partial charge in [0.1, 0.15) is 24.9 Å². The van der Waals surface area contributed by atoms with Gasteiger partial charge in [-0.1, -0.05) is 41.9 Å². The zero-order valence-electron chi connectivity index (χ0n) is 22.1. The molecule has 0 unspecified atom stereocenters. The fraction of sp³-hybridized carbons (Fsp3) is 0.500. The van der Waals surface area contributed by atoms with Crippen LogP contribution in [0.2, 0.25) is 5.15 Å². The topological polar surface area (TPSA) is 83.9 Å². The molecule has 0 N–H and O–H groups in total. The molecule has 3 aliphatic rings. The summed E-state index contributed by atoms with van der Waals surface area (Å²) >= 11 is 6.02. The first kappa shape index (κ1) is 26.9. The fourth-order valence-corrected chi connectivity index (χ4v) is 6.19. The van der Waals surface area contributed by atoms with Gasteiger partial charge in [-0.15, -0.1) is 0 Å². The summed E-state index contributed by atoms with van der Waals surface area (Å²) in [5.41, 5.74) is 0.379. The number of hydrazine groups is 1. The third-order valence-electron chi connectivity index (χ3n) is 8.02. The SMILES string of the molecule is O=C(OCc1ccccc1)N1CCCCCN1c1nc(OC[C@@]23CCCN2C[C@H](F)C3)nc2c(F)c(Cl)ncc12. The van der Waals surface area contributed by atoms with Crippen LogP contribution in [-0.2, 0) is 11.3 Å². The van der Waals surface area contributed by atoms with E-state index in [9.17, 15) is 9.18 Å². The second-order valence-corrected chi connectivity index (χ2v) is 11.0. The molecule has 6 rings (SSSR count). The summed E-state index contributed by atoms with van der Waals surface area (Å²) in [5.74, 6) is -0.525. The number of hydrogen-bond donors (Lipinski definition) is 0. The van der Waals surface area contributed by atoms with E-state index in [0.29, 0.717) is 31.4 Å². The van der Waals surface area contributed by atoms with Gasteiger partial charge in [-0.3, -0.25) is 9.91 Å². The number of carbonyl (C=O) groups excluding carboxylic acids is 1. The first-order valence-corrected chi connectivity index (χ1v) is 14.1. The van der Waals surface area contributed by atoms with Crippen molar-refractivity contribution in [3.05, 3.63) is 53.1 Å². The molecule has 0 spiro atoms. The molecule has 12 heteroatoms. The average Bonchev–Trinajstić information content (AvgIpc) is 3.37. The number of ether oxygens (including phenoxy) is 2. The highest BCUT2D eigenvalue weighted by Gasteiger charge is 2.49. The second-order valence-electron chi connectivity index (χ2n) is 10.7. The van der Waals surface area contributed by atoms with E-state index in [1.54, 1.807) is 5.01 Å². The van der Waals surface area contributed by atoms with Gasteiger partial charge in [0.2, 0.25) is 0 Å². The Labute approximate surface area is 236 Å². The molecule has 0 aliphatic carbocycles. The molecule has 1 amide bonds. The minimum absolute atomic E-state index is 0.0579. The van der Waals surface area contributed by atoms with Crippen LogP contribution in [-0.4, -0.2) is 75.5 Å². The molecule has 1 aromatic carbocycles. The molecule has 40 heavy (non-hydrogen) atoms. The van der Waals surface area contributed by atoms with E-state index in [2.05, 4.69) is 19.9 Å². The van der Waals surface area contributed by atoms with Crippen molar-refractivity contribution in [3.8, 4) is 6.01 Å². The maximum atomic E-state index is 15.3. The number of hydrogen-bond acceptors (Lipinski definition) is 8. The van der Waals surface area contributed by atoms with Crippen LogP contribution in [0.4, 0.5) is 19.4 Å². The number of carbonyl (C=O) groups is 1. The van der Waals surface area contributed by atoms with Crippen LogP contribution in [0.25, 0.3) is 10.9 Å². The average molecular weight is 573 g/mol. The van der Waals surface area contributed by atoms with Crippen molar-refractivity contribution < 1.29 is 23.0 Å². The lowest BCUT2D eigenvalue weighted by atomic mass is 9.95. The van der Waals surface area contributed by atoms with Crippen LogP contribution in [0.5, 0.6) is 6.01 Å². The van der Waals surface area contributed by atoms with Crippen LogP contribution in [0.15, 0.2) is 36.5 Å². The summed E-state index contributed by atoms with van der Waals surface area (Å²) in [7, 11) is 0. The number of anilines is 1. The van der Waals surface area contributed by atoms with Gasteiger partial charge < -0.3 is 9.47 Å². The largest absolute Gasteiger partial charge is 0.461 e. The molecule has 0 radical (unpaired) electrons. The van der Waals surface area contributed by atoms with Crippen molar-refractivity contribution in [2.75, 3.05) is 37.8 Å². The standard InChI is InChI=1S/C28H31ClF2N6O3/c29-24-22(31)23-21(15-32-24)25(34-26(33-23)40-18-28-10-7-11-35(28)16-20(30)14-28)36-12-5-2-6-13-37(36)27(38)39-17-19-8-3-1-4-9-19/h1,3-4,8-9,15,20H,2,5-7,10-14,16-18H2/t20-,28+/m1/s1. The number of benzene rings is 1. The van der Waals surface area contributed by atoms with Crippen molar-refractivity contribution in [2.45, 2.75) is 56.8 Å². The van der Waals surface area contributed by atoms with Crippen LogP contribution >= 0.6 is 11.6 Å². The lowest BCUT2D eigenvalue weighted by Crippen LogP contribution is -2.47. The molecule has 2 atom stereocenters. The Morgan fingerprint density at radius 2 is 1.93 bits per heavy atom. The van der Waals surface area contributed by atoms with Gasteiger partial charge in [0.25, 0.3) is 0 Å². The normalized spacial score (nSPS) is 23.3. The minimum atomic E-state index is -0.910. The van der Waals surface area contributed by atoms with Gasteiger partial charge in [0.15, 0.2) is 16.8 Å². The highest BCUT2D eigenvalue weighted by molar-refractivity contribution is 6.30. The number of pyridine rings is 1. The van der Waals surface area contributed by atoms with Crippen molar-refractivity contribution in [1.82, 2.24) is 24.9 Å². The predicted molar refractivity (Wildman–Crippen MR) is 145 cm³/mol. The molecular weight excluding hydrogens is 542 g/mol. The molecule has 5 heterocycles. The third kappa shape index (κ3) is 5.24. The van der Waals surface area contributed by atoms with E-state index >= 15 is 4.39 Å². The zero-order valence-corrected chi connectivity index (χ0v) is 22.8. The summed E-state index contributed by atoms with van der Waals surface area (Å²) in [6, 6.07) is 9.36. The second kappa shape index (κ2) is 11.3. The molecule has 9 nitrogen and oxygen atoms in total. The Morgan fingerprint density at radius 3 is 2.77 bits per heavy atom. The summed E-state index contributed by atoms with van der Waals surface area (Å²) in [6.45, 7) is 2.34. The molecule has 212 valence electrons. The van der Waals surface area contributed by atoms with Crippen molar-refractivity contribution in [3.63, 3.8) is 0 Å². The molecule has 2 aromatic heterocycles. The number of nitrogens with zero attached hydrogens (tertiary/aromatic N) is 6. The monoisotopic (exact) mass is 572 g/mol. The van der Waals surface area contributed by atoms with Gasteiger partial charge in [-0.05, 0) is 44.2 Å². The van der Waals surface area contributed by atoms with Gasteiger partial charge in [-0.25, -0.2) is 23.6 Å². The van der Waals surface area contributed by atoms with E-state index in [1.807, 2.05) is 30.3 Å². The predicted octanol–water partition coefficient (Wildman–Crippen LogP) is 5.32. The van der Waals surface area contributed by atoms with Gasteiger partial charge in [0, 0.05) is 32.3 Å². The lowest BCUT2D eigenvalue weighted by molar-refractivity contribution is 0.0927. The van der Waals surface area contributed by atoms with Gasteiger partial charge >= 0.3 is 12.1 Å². The lowest BCUT2D eigenvalue weighted by Gasteiger charge is -2.34. The van der Waals surface area contributed by atoms with E-state index in [1.165, 1.54) is 11.2 Å². The smallest absolute Gasteiger partial charge is 0.429 e. The van der Waals surface area contributed by atoms with Crippen molar-refractivity contribution >= 4 is 34.4 Å². The maximum absolute atomic E-state index is 15.3. The van der Waals surface area contributed by atoms with Crippen molar-refractivity contribution in [2.24, 2.45) is 0 Å². The quantitative estimate of drug-likeness (QED) is 0.367. The number of halogens is 3. The number of aromatic nitrogens is 3. The molecular formula is C28H31ClF2N6O3. The Morgan fingerprint density at radius 1 is 1.10 bits per heavy atom. The van der Waals surface area contributed by atoms with Crippen LogP contribution < -0.4 is 9.75 Å². The molecule has 3 saturated heterocycles. The van der Waals surface area contributed by atoms with Crippen LogP contribution in [0.3, 0.4) is 0 Å². The third-order valence-corrected chi connectivity index (χ3v) is 8.29. The number of rotatable bonds is 6. The highest BCUT2D eigenvalue weighted by atomic mass is 35.5. The molecule has 0 bridgehead atoms. The van der Waals surface area contributed by atoms with E-state index in [4.69, 9.17) is 21.1 Å².